The van der Waals surface area contributed by atoms with E-state index < -0.39 is 0 Å². The van der Waals surface area contributed by atoms with Gasteiger partial charge in [-0.2, -0.15) is 0 Å². The minimum absolute atomic E-state index is 0.183. The van der Waals surface area contributed by atoms with Gasteiger partial charge >= 0.3 is 0 Å². The molecule has 0 aromatic heterocycles. The predicted molar refractivity (Wildman–Crippen MR) is 87.1 cm³/mol. The van der Waals surface area contributed by atoms with E-state index in [2.05, 4.69) is 49.5 Å². The summed E-state index contributed by atoms with van der Waals surface area (Å²) in [5.74, 6) is 0.880. The van der Waals surface area contributed by atoms with Crippen molar-refractivity contribution in [2.24, 2.45) is 5.92 Å². The average molecular weight is 279 g/mol. The Labute approximate surface area is 125 Å². The van der Waals surface area contributed by atoms with Crippen molar-refractivity contribution in [1.82, 2.24) is 15.1 Å². The number of piperidine rings is 2. The molecule has 2 heterocycles. The zero-order valence-corrected chi connectivity index (χ0v) is 13.9. The van der Waals surface area contributed by atoms with E-state index in [0.717, 1.165) is 25.0 Å². The molecule has 2 atom stereocenters. The van der Waals surface area contributed by atoms with E-state index in [4.69, 9.17) is 0 Å². The van der Waals surface area contributed by atoms with Gasteiger partial charge in [0.15, 0.2) is 0 Å². The van der Waals surface area contributed by atoms with Crippen LogP contribution in [-0.2, 0) is 0 Å². The molecule has 3 heteroatoms. The second-order valence-electron chi connectivity index (χ2n) is 7.83. The number of likely N-dealkylation sites (tertiary alicyclic amines) is 2. The van der Waals surface area contributed by atoms with Crippen LogP contribution in [0.5, 0.6) is 0 Å². The Kier molecular flexibility index (Phi) is 5.27. The van der Waals surface area contributed by atoms with Crippen molar-refractivity contribution in [1.29, 1.82) is 0 Å². The van der Waals surface area contributed by atoms with Crippen LogP contribution in [0.25, 0.3) is 0 Å². The Hall–Kier alpha value is -0.380. The lowest BCUT2D eigenvalue weighted by atomic mass is 9.84. The fourth-order valence-corrected chi connectivity index (χ4v) is 3.63. The molecule has 0 aliphatic carbocycles. The van der Waals surface area contributed by atoms with Crippen LogP contribution in [0.2, 0.25) is 0 Å². The molecule has 0 aromatic carbocycles. The molecule has 2 fully saturated rings. The Morgan fingerprint density at radius 1 is 1.25 bits per heavy atom. The number of rotatable bonds is 4. The molecule has 2 unspecified atom stereocenters. The highest BCUT2D eigenvalue weighted by molar-refractivity contribution is 5.02. The van der Waals surface area contributed by atoms with Crippen molar-refractivity contribution < 1.29 is 0 Å². The number of hydrogen-bond acceptors (Lipinski definition) is 3. The number of fused-ring (bicyclic) bond motifs is 1. The molecule has 2 aliphatic rings. The average Bonchev–Trinajstić information content (AvgIpc) is 2.36. The van der Waals surface area contributed by atoms with Crippen LogP contribution in [0.4, 0.5) is 0 Å². The second kappa shape index (κ2) is 6.59. The molecule has 0 spiro atoms. The normalized spacial score (nSPS) is 29.2. The van der Waals surface area contributed by atoms with E-state index in [1.165, 1.54) is 44.5 Å². The third-order valence-electron chi connectivity index (χ3n) is 4.75. The maximum Gasteiger partial charge on any atom is 0.0202 e. The molecule has 1 N–H and O–H groups in total. The molecule has 3 nitrogen and oxygen atoms in total. The highest BCUT2D eigenvalue weighted by atomic mass is 15.2. The van der Waals surface area contributed by atoms with E-state index in [1.54, 1.807) is 0 Å². The monoisotopic (exact) mass is 279 g/mol. The highest BCUT2D eigenvalue weighted by Gasteiger charge is 2.34. The SMILES string of the molecule is C=C(CNC(C)(C)C)CN1CCC2C(CCCN2C)C1. The zero-order valence-electron chi connectivity index (χ0n) is 13.9. The Balaban J connectivity index is 1.76. The fraction of sp³-hybridized carbons (Fsp3) is 0.882. The van der Waals surface area contributed by atoms with E-state index in [9.17, 15) is 0 Å². The third-order valence-corrected chi connectivity index (χ3v) is 4.75. The summed E-state index contributed by atoms with van der Waals surface area (Å²) in [6.45, 7) is 16.7. The first-order valence-electron chi connectivity index (χ1n) is 8.19. The van der Waals surface area contributed by atoms with Gasteiger partial charge in [0.05, 0.1) is 0 Å². The van der Waals surface area contributed by atoms with Crippen molar-refractivity contribution >= 4 is 0 Å². The van der Waals surface area contributed by atoms with Crippen molar-refractivity contribution in [2.75, 3.05) is 39.8 Å². The summed E-state index contributed by atoms with van der Waals surface area (Å²) in [6, 6.07) is 0.834. The van der Waals surface area contributed by atoms with Gasteiger partial charge in [-0.25, -0.2) is 0 Å². The van der Waals surface area contributed by atoms with E-state index >= 15 is 0 Å². The Morgan fingerprint density at radius 3 is 2.70 bits per heavy atom. The largest absolute Gasteiger partial charge is 0.308 e. The molecule has 0 bridgehead atoms. The van der Waals surface area contributed by atoms with Crippen molar-refractivity contribution in [3.8, 4) is 0 Å². The summed E-state index contributed by atoms with van der Waals surface area (Å²) >= 11 is 0. The van der Waals surface area contributed by atoms with Gasteiger partial charge in [-0.1, -0.05) is 6.58 Å². The van der Waals surface area contributed by atoms with Gasteiger partial charge in [-0.15, -0.1) is 0 Å². The summed E-state index contributed by atoms with van der Waals surface area (Å²) in [4.78, 5) is 5.20. The second-order valence-corrected chi connectivity index (χ2v) is 7.83. The summed E-state index contributed by atoms with van der Waals surface area (Å²) in [7, 11) is 2.30. The highest BCUT2D eigenvalue weighted by Crippen LogP contribution is 2.29. The van der Waals surface area contributed by atoms with Crippen molar-refractivity contribution in [3.63, 3.8) is 0 Å². The van der Waals surface area contributed by atoms with Gasteiger partial charge in [0, 0.05) is 31.2 Å². The van der Waals surface area contributed by atoms with Gasteiger partial charge in [0.2, 0.25) is 0 Å². The van der Waals surface area contributed by atoms with Gasteiger partial charge < -0.3 is 10.2 Å². The van der Waals surface area contributed by atoms with Crippen LogP contribution >= 0.6 is 0 Å². The first kappa shape index (κ1) is 16.0. The third kappa shape index (κ3) is 4.57. The van der Waals surface area contributed by atoms with Crippen LogP contribution in [0, 0.1) is 5.92 Å². The smallest absolute Gasteiger partial charge is 0.0202 e. The first-order valence-corrected chi connectivity index (χ1v) is 8.19. The van der Waals surface area contributed by atoms with Crippen LogP contribution in [-0.4, -0.2) is 61.2 Å². The van der Waals surface area contributed by atoms with Gasteiger partial charge in [0.25, 0.3) is 0 Å². The minimum Gasteiger partial charge on any atom is -0.308 e. The summed E-state index contributed by atoms with van der Waals surface area (Å²) in [5.41, 5.74) is 1.50. The molecule has 0 saturated carbocycles. The van der Waals surface area contributed by atoms with E-state index in [1.807, 2.05) is 0 Å². The van der Waals surface area contributed by atoms with Crippen LogP contribution in [0.1, 0.15) is 40.0 Å². The molecule has 2 aliphatic heterocycles. The van der Waals surface area contributed by atoms with Gasteiger partial charge in [-0.3, -0.25) is 4.90 Å². The molecule has 116 valence electrons. The number of hydrogen-bond donors (Lipinski definition) is 1. The van der Waals surface area contributed by atoms with Crippen LogP contribution in [0.3, 0.4) is 0 Å². The maximum absolute atomic E-state index is 4.26. The Morgan fingerprint density at radius 2 is 2.00 bits per heavy atom. The minimum atomic E-state index is 0.183. The van der Waals surface area contributed by atoms with Crippen LogP contribution in [0.15, 0.2) is 12.2 Å². The first-order chi connectivity index (χ1) is 9.35. The molecular formula is C17H33N3. The fourth-order valence-electron chi connectivity index (χ4n) is 3.63. The van der Waals surface area contributed by atoms with Crippen molar-refractivity contribution in [2.45, 2.75) is 51.6 Å². The van der Waals surface area contributed by atoms with E-state index in [0.29, 0.717) is 0 Å². The molecule has 0 radical (unpaired) electrons. The lowest BCUT2D eigenvalue weighted by Crippen LogP contribution is -2.53. The lowest BCUT2D eigenvalue weighted by molar-refractivity contribution is 0.0421. The maximum atomic E-state index is 4.26. The molecule has 20 heavy (non-hydrogen) atoms. The molecule has 0 amide bonds. The molecule has 2 saturated heterocycles. The number of nitrogens with one attached hydrogen (secondary N) is 1. The standard InChI is InChI=1S/C17H33N3/c1-14(11-18-17(2,3)4)12-20-10-8-16-15(13-20)7-6-9-19(16)5/h15-16,18H,1,6-13H2,2-5H3. The Bertz CT molecular complexity index is 332. The zero-order chi connectivity index (χ0) is 14.8. The summed E-state index contributed by atoms with van der Waals surface area (Å²) in [6.07, 6.45) is 4.12. The van der Waals surface area contributed by atoms with E-state index in [-0.39, 0.29) is 5.54 Å². The predicted octanol–water partition coefficient (Wildman–Crippen LogP) is 2.35. The summed E-state index contributed by atoms with van der Waals surface area (Å²) in [5, 5.41) is 3.54. The molecule has 2 rings (SSSR count). The van der Waals surface area contributed by atoms with Crippen LogP contribution < -0.4 is 5.32 Å². The quantitative estimate of drug-likeness (QED) is 0.797. The number of nitrogens with zero attached hydrogens (tertiary/aromatic N) is 2. The van der Waals surface area contributed by atoms with Gasteiger partial charge in [0.1, 0.15) is 0 Å². The van der Waals surface area contributed by atoms with Crippen molar-refractivity contribution in [3.05, 3.63) is 12.2 Å². The lowest BCUT2D eigenvalue weighted by Gasteiger charge is -2.46. The molecule has 0 aromatic rings. The summed E-state index contributed by atoms with van der Waals surface area (Å²) < 4.78 is 0. The topological polar surface area (TPSA) is 18.5 Å². The molecular weight excluding hydrogens is 246 g/mol. The van der Waals surface area contributed by atoms with Gasteiger partial charge in [-0.05, 0) is 71.7 Å².